The van der Waals surface area contributed by atoms with Crippen LogP contribution in [0.15, 0.2) is 18.5 Å². The highest BCUT2D eigenvalue weighted by molar-refractivity contribution is 5.92. The smallest absolute Gasteiger partial charge is 0.228 e. The Labute approximate surface area is 90.1 Å². The van der Waals surface area contributed by atoms with Gasteiger partial charge in [0.2, 0.25) is 5.91 Å². The third-order valence-electron chi connectivity index (χ3n) is 2.25. The van der Waals surface area contributed by atoms with Crippen molar-refractivity contribution in [3.05, 3.63) is 24.0 Å². The molecule has 0 saturated carbocycles. The summed E-state index contributed by atoms with van der Waals surface area (Å²) in [5.41, 5.74) is 1.81. The number of rotatable bonds is 4. The van der Waals surface area contributed by atoms with E-state index in [0.29, 0.717) is 6.54 Å². The van der Waals surface area contributed by atoms with Crippen molar-refractivity contribution in [1.82, 2.24) is 10.3 Å². The summed E-state index contributed by atoms with van der Waals surface area (Å²) in [6, 6.07) is 1.87. The zero-order valence-corrected chi connectivity index (χ0v) is 9.37. The number of nitrogens with one attached hydrogen (secondary N) is 2. The second-order valence-corrected chi connectivity index (χ2v) is 3.64. The molecule has 0 spiro atoms. The lowest BCUT2D eigenvalue weighted by Gasteiger charge is -2.12. The van der Waals surface area contributed by atoms with Crippen molar-refractivity contribution >= 4 is 11.6 Å². The Balaban J connectivity index is 2.62. The molecule has 4 nitrogen and oxygen atoms in total. The summed E-state index contributed by atoms with van der Waals surface area (Å²) >= 11 is 0. The molecular formula is C11H17N3O. The van der Waals surface area contributed by atoms with E-state index >= 15 is 0 Å². The van der Waals surface area contributed by atoms with E-state index in [4.69, 9.17) is 0 Å². The van der Waals surface area contributed by atoms with Gasteiger partial charge in [-0.05, 0) is 25.6 Å². The summed E-state index contributed by atoms with van der Waals surface area (Å²) < 4.78 is 0. The second kappa shape index (κ2) is 5.46. The van der Waals surface area contributed by atoms with Gasteiger partial charge in [0.05, 0.1) is 11.9 Å². The molecule has 0 radical (unpaired) electrons. The Morgan fingerprint density at radius 3 is 2.93 bits per heavy atom. The van der Waals surface area contributed by atoms with Crippen LogP contribution in [-0.2, 0) is 4.79 Å². The summed E-state index contributed by atoms with van der Waals surface area (Å²) in [7, 11) is 1.83. The van der Waals surface area contributed by atoms with E-state index in [0.717, 1.165) is 11.3 Å². The number of aromatic nitrogens is 1. The standard InChI is InChI=1S/C11H17N3O/c1-8-4-5-13-7-10(8)14-11(15)9(2)6-12-3/h4-5,7,9,12H,6H2,1-3H3,(H,14,15). The van der Waals surface area contributed by atoms with Crippen molar-refractivity contribution in [2.75, 3.05) is 18.9 Å². The zero-order chi connectivity index (χ0) is 11.3. The highest BCUT2D eigenvalue weighted by Gasteiger charge is 2.12. The molecule has 2 N–H and O–H groups in total. The summed E-state index contributed by atoms with van der Waals surface area (Å²) in [6.07, 6.45) is 3.38. The first-order chi connectivity index (χ1) is 7.15. The number of hydrogen-bond donors (Lipinski definition) is 2. The maximum absolute atomic E-state index is 11.7. The predicted octanol–water partition coefficient (Wildman–Crippen LogP) is 1.18. The summed E-state index contributed by atoms with van der Waals surface area (Å²) in [4.78, 5) is 15.6. The monoisotopic (exact) mass is 207 g/mol. The third-order valence-corrected chi connectivity index (χ3v) is 2.25. The molecule has 15 heavy (non-hydrogen) atoms. The number of amides is 1. The van der Waals surface area contributed by atoms with Crippen molar-refractivity contribution in [1.29, 1.82) is 0 Å². The van der Waals surface area contributed by atoms with Crippen molar-refractivity contribution < 1.29 is 4.79 Å². The van der Waals surface area contributed by atoms with Crippen LogP contribution < -0.4 is 10.6 Å². The molecule has 1 aromatic heterocycles. The number of carbonyl (C=O) groups is 1. The maximum atomic E-state index is 11.7. The topological polar surface area (TPSA) is 54.0 Å². The van der Waals surface area contributed by atoms with Gasteiger partial charge in [-0.2, -0.15) is 0 Å². The van der Waals surface area contributed by atoms with Gasteiger partial charge in [0.1, 0.15) is 0 Å². The van der Waals surface area contributed by atoms with Gasteiger partial charge < -0.3 is 10.6 Å². The van der Waals surface area contributed by atoms with Gasteiger partial charge in [0.15, 0.2) is 0 Å². The number of pyridine rings is 1. The van der Waals surface area contributed by atoms with Crippen molar-refractivity contribution in [3.8, 4) is 0 Å². The molecule has 1 rings (SSSR count). The number of carbonyl (C=O) groups excluding carboxylic acids is 1. The molecule has 0 aromatic carbocycles. The van der Waals surface area contributed by atoms with Gasteiger partial charge in [-0.15, -0.1) is 0 Å². The Kier molecular flexibility index (Phi) is 4.24. The molecule has 82 valence electrons. The molecule has 0 fully saturated rings. The molecule has 1 unspecified atom stereocenters. The van der Waals surface area contributed by atoms with Gasteiger partial charge in [-0.1, -0.05) is 6.92 Å². The number of nitrogens with zero attached hydrogens (tertiary/aromatic N) is 1. The first-order valence-corrected chi connectivity index (χ1v) is 5.01. The second-order valence-electron chi connectivity index (χ2n) is 3.64. The molecule has 4 heteroatoms. The molecule has 0 aliphatic carbocycles. The normalized spacial score (nSPS) is 12.2. The van der Waals surface area contributed by atoms with Crippen molar-refractivity contribution in [3.63, 3.8) is 0 Å². The fraction of sp³-hybridized carbons (Fsp3) is 0.455. The Morgan fingerprint density at radius 2 is 2.33 bits per heavy atom. The van der Waals surface area contributed by atoms with Crippen LogP contribution in [-0.4, -0.2) is 24.5 Å². The molecule has 1 heterocycles. The van der Waals surface area contributed by atoms with Crippen LogP contribution in [0.25, 0.3) is 0 Å². The molecule has 1 aromatic rings. The molecule has 0 saturated heterocycles. The quantitative estimate of drug-likeness (QED) is 0.779. The Morgan fingerprint density at radius 1 is 1.60 bits per heavy atom. The number of aryl methyl sites for hydroxylation is 1. The van der Waals surface area contributed by atoms with Crippen LogP contribution in [0.4, 0.5) is 5.69 Å². The Bertz CT molecular complexity index is 338. The average molecular weight is 207 g/mol. The minimum Gasteiger partial charge on any atom is -0.324 e. The van der Waals surface area contributed by atoms with Crippen LogP contribution in [0, 0.1) is 12.8 Å². The van der Waals surface area contributed by atoms with E-state index in [-0.39, 0.29) is 11.8 Å². The summed E-state index contributed by atoms with van der Waals surface area (Å²) in [6.45, 7) is 4.50. The maximum Gasteiger partial charge on any atom is 0.228 e. The molecule has 1 atom stereocenters. The van der Waals surface area contributed by atoms with E-state index in [9.17, 15) is 4.79 Å². The lowest BCUT2D eigenvalue weighted by Crippen LogP contribution is -2.28. The summed E-state index contributed by atoms with van der Waals surface area (Å²) in [5, 5.41) is 5.83. The van der Waals surface area contributed by atoms with Gasteiger partial charge in [0, 0.05) is 18.7 Å². The van der Waals surface area contributed by atoms with E-state index in [2.05, 4.69) is 15.6 Å². The Hall–Kier alpha value is -1.42. The van der Waals surface area contributed by atoms with E-state index < -0.39 is 0 Å². The summed E-state index contributed by atoms with van der Waals surface area (Å²) in [5.74, 6) is -0.0324. The molecule has 0 aliphatic heterocycles. The van der Waals surface area contributed by atoms with Crippen LogP contribution in [0.3, 0.4) is 0 Å². The SMILES string of the molecule is CNCC(C)C(=O)Nc1cnccc1C. The predicted molar refractivity (Wildman–Crippen MR) is 60.7 cm³/mol. The fourth-order valence-electron chi connectivity index (χ4n) is 1.25. The first-order valence-electron chi connectivity index (χ1n) is 5.01. The van der Waals surface area contributed by atoms with E-state index in [1.807, 2.05) is 27.0 Å². The average Bonchev–Trinajstić information content (AvgIpc) is 2.21. The van der Waals surface area contributed by atoms with Crippen LogP contribution in [0.2, 0.25) is 0 Å². The molecular weight excluding hydrogens is 190 g/mol. The highest BCUT2D eigenvalue weighted by Crippen LogP contribution is 2.12. The number of hydrogen-bond acceptors (Lipinski definition) is 3. The minimum atomic E-state index is -0.0467. The highest BCUT2D eigenvalue weighted by atomic mass is 16.1. The minimum absolute atomic E-state index is 0.0143. The van der Waals surface area contributed by atoms with E-state index in [1.165, 1.54) is 0 Å². The lowest BCUT2D eigenvalue weighted by molar-refractivity contribution is -0.119. The van der Waals surface area contributed by atoms with Gasteiger partial charge in [0.25, 0.3) is 0 Å². The van der Waals surface area contributed by atoms with Gasteiger partial charge in [-0.3, -0.25) is 9.78 Å². The zero-order valence-electron chi connectivity index (χ0n) is 9.37. The van der Waals surface area contributed by atoms with Crippen LogP contribution in [0.1, 0.15) is 12.5 Å². The van der Waals surface area contributed by atoms with Crippen molar-refractivity contribution in [2.24, 2.45) is 5.92 Å². The molecule has 1 amide bonds. The van der Waals surface area contributed by atoms with Crippen LogP contribution in [0.5, 0.6) is 0 Å². The number of anilines is 1. The van der Waals surface area contributed by atoms with E-state index in [1.54, 1.807) is 12.4 Å². The third kappa shape index (κ3) is 3.32. The van der Waals surface area contributed by atoms with Gasteiger partial charge in [-0.25, -0.2) is 0 Å². The fourth-order valence-corrected chi connectivity index (χ4v) is 1.25. The van der Waals surface area contributed by atoms with Crippen LogP contribution >= 0.6 is 0 Å². The van der Waals surface area contributed by atoms with Crippen molar-refractivity contribution in [2.45, 2.75) is 13.8 Å². The van der Waals surface area contributed by atoms with Gasteiger partial charge >= 0.3 is 0 Å². The largest absolute Gasteiger partial charge is 0.324 e. The first kappa shape index (κ1) is 11.7. The molecule has 0 aliphatic rings. The lowest BCUT2D eigenvalue weighted by atomic mass is 10.1. The molecule has 0 bridgehead atoms.